The van der Waals surface area contributed by atoms with Gasteiger partial charge in [-0.05, 0) is 36.1 Å². The van der Waals surface area contributed by atoms with E-state index in [1.54, 1.807) is 17.0 Å². The van der Waals surface area contributed by atoms with Gasteiger partial charge in [-0.15, -0.1) is 0 Å². The number of carbonyl (C=O) groups is 1. The molecule has 1 heterocycles. The summed E-state index contributed by atoms with van der Waals surface area (Å²) in [5.41, 5.74) is 2.21. The molecule has 0 saturated carbocycles. The number of benzene rings is 2. The first-order valence-electron chi connectivity index (χ1n) is 7.45. The molecule has 0 radical (unpaired) electrons. The van der Waals surface area contributed by atoms with Crippen LogP contribution in [0, 0.1) is 0 Å². The van der Waals surface area contributed by atoms with E-state index in [1.165, 1.54) is 13.0 Å². The second-order valence-corrected chi connectivity index (χ2v) is 5.67. The van der Waals surface area contributed by atoms with E-state index in [9.17, 15) is 18.0 Å². The van der Waals surface area contributed by atoms with Gasteiger partial charge < -0.3 is 4.90 Å². The number of aryl methyl sites for hydroxylation is 1. The fourth-order valence-electron chi connectivity index (χ4n) is 3.06. The zero-order chi connectivity index (χ0) is 16.6. The minimum atomic E-state index is -4.38. The average Bonchev–Trinajstić information content (AvgIpc) is 2.53. The molecule has 0 spiro atoms. The van der Waals surface area contributed by atoms with E-state index in [-0.39, 0.29) is 5.91 Å². The summed E-state index contributed by atoms with van der Waals surface area (Å²) in [5, 5.41) is 0. The third-order valence-corrected chi connectivity index (χ3v) is 4.10. The summed E-state index contributed by atoms with van der Waals surface area (Å²) >= 11 is 0. The summed E-state index contributed by atoms with van der Waals surface area (Å²) in [7, 11) is 0. The number of anilines is 1. The van der Waals surface area contributed by atoms with Crippen molar-refractivity contribution in [1.82, 2.24) is 0 Å². The number of para-hydroxylation sites is 1. The van der Waals surface area contributed by atoms with Crippen LogP contribution in [0.1, 0.15) is 24.5 Å². The summed E-state index contributed by atoms with van der Waals surface area (Å²) < 4.78 is 38.9. The van der Waals surface area contributed by atoms with Gasteiger partial charge in [0.05, 0.1) is 11.3 Å². The van der Waals surface area contributed by atoms with Crippen LogP contribution < -0.4 is 4.90 Å². The molecule has 5 heteroatoms. The number of carbonyl (C=O) groups excluding carboxylic acids is 1. The van der Waals surface area contributed by atoms with E-state index < -0.39 is 11.7 Å². The Labute approximate surface area is 132 Å². The normalized spacial score (nSPS) is 14.5. The fraction of sp³-hybridized carbons (Fsp3) is 0.278. The number of hydrogen-bond donors (Lipinski definition) is 0. The lowest BCUT2D eigenvalue weighted by Crippen LogP contribution is -2.34. The zero-order valence-electron chi connectivity index (χ0n) is 12.7. The Morgan fingerprint density at radius 2 is 1.87 bits per heavy atom. The third kappa shape index (κ3) is 2.96. The molecule has 2 aromatic rings. The largest absolute Gasteiger partial charge is 0.416 e. The molecule has 0 atom stereocenters. The number of nitrogens with zero attached hydrogens (tertiary/aromatic N) is 1. The molecule has 0 aromatic heterocycles. The van der Waals surface area contributed by atoms with Crippen LogP contribution in [0.25, 0.3) is 11.1 Å². The quantitative estimate of drug-likeness (QED) is 0.748. The molecule has 0 N–H and O–H groups in total. The maximum absolute atomic E-state index is 13.0. The summed E-state index contributed by atoms with van der Waals surface area (Å²) in [5.74, 6) is -0.0922. The first-order chi connectivity index (χ1) is 10.9. The number of fused-ring (bicyclic) bond motifs is 1. The zero-order valence-corrected chi connectivity index (χ0v) is 12.7. The third-order valence-electron chi connectivity index (χ3n) is 4.10. The number of rotatable bonds is 1. The molecule has 2 nitrogen and oxygen atoms in total. The maximum Gasteiger partial charge on any atom is 0.416 e. The van der Waals surface area contributed by atoms with Gasteiger partial charge >= 0.3 is 6.18 Å². The minimum Gasteiger partial charge on any atom is -0.312 e. The maximum atomic E-state index is 13.0. The number of amides is 1. The Morgan fingerprint density at radius 3 is 2.57 bits per heavy atom. The Balaban J connectivity index is 2.17. The van der Waals surface area contributed by atoms with E-state index in [1.807, 2.05) is 12.1 Å². The molecular weight excluding hydrogens is 303 g/mol. The molecule has 0 bridgehead atoms. The van der Waals surface area contributed by atoms with Crippen molar-refractivity contribution in [1.29, 1.82) is 0 Å². The fourth-order valence-corrected chi connectivity index (χ4v) is 3.06. The second-order valence-electron chi connectivity index (χ2n) is 5.67. The molecule has 2 aromatic carbocycles. The molecule has 120 valence electrons. The molecule has 1 amide bonds. The Kier molecular flexibility index (Phi) is 3.88. The van der Waals surface area contributed by atoms with Gasteiger partial charge in [-0.25, -0.2) is 0 Å². The predicted molar refractivity (Wildman–Crippen MR) is 83.2 cm³/mol. The molecule has 3 rings (SSSR count). The van der Waals surface area contributed by atoms with Crippen LogP contribution in [-0.4, -0.2) is 12.5 Å². The van der Waals surface area contributed by atoms with Gasteiger partial charge in [-0.3, -0.25) is 4.79 Å². The van der Waals surface area contributed by atoms with Gasteiger partial charge in [0.15, 0.2) is 0 Å². The van der Waals surface area contributed by atoms with E-state index >= 15 is 0 Å². The standard InChI is InChI=1S/C18H16F3NO/c1-12(23)22-10-4-7-13-5-3-9-16(17(13)22)14-6-2-8-15(11-14)18(19,20)21/h2-3,5-6,8-9,11H,4,7,10H2,1H3. The van der Waals surface area contributed by atoms with Crippen LogP contribution in [0.15, 0.2) is 42.5 Å². The van der Waals surface area contributed by atoms with Crippen molar-refractivity contribution in [2.75, 3.05) is 11.4 Å². The van der Waals surface area contributed by atoms with Crippen LogP contribution in [0.3, 0.4) is 0 Å². The van der Waals surface area contributed by atoms with E-state index in [0.717, 1.165) is 36.2 Å². The van der Waals surface area contributed by atoms with Crippen molar-refractivity contribution < 1.29 is 18.0 Å². The number of halogens is 3. The van der Waals surface area contributed by atoms with Crippen molar-refractivity contribution in [3.63, 3.8) is 0 Å². The molecule has 0 fully saturated rings. The molecule has 1 aliphatic heterocycles. The van der Waals surface area contributed by atoms with Crippen LogP contribution in [-0.2, 0) is 17.4 Å². The van der Waals surface area contributed by atoms with Crippen molar-refractivity contribution >= 4 is 11.6 Å². The summed E-state index contributed by atoms with van der Waals surface area (Å²) in [6.07, 6.45) is -2.70. The van der Waals surface area contributed by atoms with Gasteiger partial charge in [0.1, 0.15) is 0 Å². The summed E-state index contributed by atoms with van der Waals surface area (Å²) in [6.45, 7) is 2.08. The summed E-state index contributed by atoms with van der Waals surface area (Å²) in [6, 6.07) is 10.8. The highest BCUT2D eigenvalue weighted by atomic mass is 19.4. The summed E-state index contributed by atoms with van der Waals surface area (Å²) in [4.78, 5) is 13.6. The highest BCUT2D eigenvalue weighted by Gasteiger charge is 2.31. The van der Waals surface area contributed by atoms with Crippen molar-refractivity contribution in [2.24, 2.45) is 0 Å². The van der Waals surface area contributed by atoms with Gasteiger partial charge in [0.2, 0.25) is 5.91 Å². The molecule has 23 heavy (non-hydrogen) atoms. The smallest absolute Gasteiger partial charge is 0.312 e. The topological polar surface area (TPSA) is 20.3 Å². The van der Waals surface area contributed by atoms with Crippen molar-refractivity contribution in [3.05, 3.63) is 53.6 Å². The molecule has 0 aliphatic carbocycles. The van der Waals surface area contributed by atoms with E-state index in [0.29, 0.717) is 17.7 Å². The Bertz CT molecular complexity index is 752. The number of hydrogen-bond acceptors (Lipinski definition) is 1. The van der Waals surface area contributed by atoms with E-state index in [2.05, 4.69) is 0 Å². The molecule has 0 saturated heterocycles. The predicted octanol–water partition coefficient (Wildman–Crippen LogP) is 4.67. The lowest BCUT2D eigenvalue weighted by molar-refractivity contribution is -0.137. The lowest BCUT2D eigenvalue weighted by atomic mass is 9.93. The first-order valence-corrected chi connectivity index (χ1v) is 7.45. The van der Waals surface area contributed by atoms with Crippen LogP contribution >= 0.6 is 0 Å². The van der Waals surface area contributed by atoms with Crippen LogP contribution in [0.5, 0.6) is 0 Å². The van der Waals surface area contributed by atoms with Crippen LogP contribution in [0.2, 0.25) is 0 Å². The average molecular weight is 319 g/mol. The van der Waals surface area contributed by atoms with Crippen molar-refractivity contribution in [3.8, 4) is 11.1 Å². The highest BCUT2D eigenvalue weighted by molar-refractivity contribution is 5.98. The van der Waals surface area contributed by atoms with Gasteiger partial charge in [-0.1, -0.05) is 30.3 Å². The van der Waals surface area contributed by atoms with E-state index in [4.69, 9.17) is 0 Å². The molecular formula is C18H16F3NO. The second kappa shape index (κ2) is 5.72. The first kappa shape index (κ1) is 15.6. The molecule has 0 unspecified atom stereocenters. The number of alkyl halides is 3. The SMILES string of the molecule is CC(=O)N1CCCc2cccc(-c3cccc(C(F)(F)F)c3)c21. The van der Waals surface area contributed by atoms with Crippen molar-refractivity contribution in [2.45, 2.75) is 25.9 Å². The monoisotopic (exact) mass is 319 g/mol. The highest BCUT2D eigenvalue weighted by Crippen LogP contribution is 2.39. The lowest BCUT2D eigenvalue weighted by Gasteiger charge is -2.31. The Hall–Kier alpha value is -2.30. The van der Waals surface area contributed by atoms with Gasteiger partial charge in [0.25, 0.3) is 0 Å². The van der Waals surface area contributed by atoms with Gasteiger partial charge in [-0.2, -0.15) is 13.2 Å². The minimum absolute atomic E-state index is 0.0922. The Morgan fingerprint density at radius 1 is 1.13 bits per heavy atom. The van der Waals surface area contributed by atoms with Crippen LogP contribution in [0.4, 0.5) is 18.9 Å². The van der Waals surface area contributed by atoms with Gasteiger partial charge in [0, 0.05) is 19.0 Å². The molecule has 1 aliphatic rings.